The van der Waals surface area contributed by atoms with Crippen LogP contribution >= 0.6 is 0 Å². The van der Waals surface area contributed by atoms with Crippen LogP contribution in [0.2, 0.25) is 0 Å². The van der Waals surface area contributed by atoms with Gasteiger partial charge in [0.05, 0.1) is 0 Å². The smallest absolute Gasteiger partial charge is 0.0327 e. The first kappa shape index (κ1) is 20.5. The van der Waals surface area contributed by atoms with E-state index < -0.39 is 0 Å². The summed E-state index contributed by atoms with van der Waals surface area (Å²) in [7, 11) is 0. The van der Waals surface area contributed by atoms with Crippen LogP contribution in [0.3, 0.4) is 0 Å². The molecule has 0 heteroatoms. The highest BCUT2D eigenvalue weighted by molar-refractivity contribution is 5.80. The van der Waals surface area contributed by atoms with Crippen LogP contribution in [0.15, 0.2) is 133 Å². The van der Waals surface area contributed by atoms with Crippen molar-refractivity contribution >= 4 is 21.5 Å². The molecule has 0 saturated heterocycles. The fraction of sp³-hybridized carbons (Fsp3) is 0. The van der Waals surface area contributed by atoms with Crippen LogP contribution in [0.5, 0.6) is 0 Å². The summed E-state index contributed by atoms with van der Waals surface area (Å²) in [6.45, 7) is 0. The SMILES string of the molecule is c1c#cc2ccccc2ccccccccccccccc2ccccc2c#1. The largest absolute Gasteiger partial charge is 0.0623 e. The van der Waals surface area contributed by atoms with Crippen molar-refractivity contribution < 1.29 is 0 Å². The maximum Gasteiger partial charge on any atom is 0.0327 e. The molecule has 0 fully saturated rings. The molecule has 3 aromatic carbocycles. The van der Waals surface area contributed by atoms with E-state index in [1.807, 2.05) is 109 Å². The van der Waals surface area contributed by atoms with Crippen LogP contribution in [-0.4, -0.2) is 0 Å². The highest BCUT2D eigenvalue weighted by Crippen LogP contribution is 2.08. The average molecular weight is 383 g/mol. The first-order chi connectivity index (χ1) is 14.9. The molecule has 0 N–H and O–H groups in total. The molecular formula is C30H22. The van der Waals surface area contributed by atoms with Gasteiger partial charge < -0.3 is 0 Å². The van der Waals surface area contributed by atoms with Crippen molar-refractivity contribution in [3.63, 3.8) is 0 Å². The van der Waals surface area contributed by atoms with Gasteiger partial charge >= 0.3 is 0 Å². The molecule has 0 unspecified atom stereocenters. The molecule has 0 heterocycles. The van der Waals surface area contributed by atoms with Crippen LogP contribution in [-0.2, 0) is 0 Å². The Hall–Kier alpha value is -4.26. The van der Waals surface area contributed by atoms with Crippen LogP contribution in [0.25, 0.3) is 21.5 Å². The van der Waals surface area contributed by atoms with E-state index >= 15 is 0 Å². The molecule has 0 bridgehead atoms. The summed E-state index contributed by atoms with van der Waals surface area (Å²) in [5.41, 5.74) is 0. The van der Waals surface area contributed by atoms with Gasteiger partial charge in [0.15, 0.2) is 0 Å². The first-order valence-electron chi connectivity index (χ1n) is 9.82. The van der Waals surface area contributed by atoms with Gasteiger partial charge in [-0.25, -0.2) is 0 Å². The van der Waals surface area contributed by atoms with Crippen molar-refractivity contribution in [1.82, 2.24) is 0 Å². The molecule has 3 rings (SSSR count). The van der Waals surface area contributed by atoms with Gasteiger partial charge in [0.25, 0.3) is 0 Å². The van der Waals surface area contributed by atoms with Gasteiger partial charge in [-0.2, -0.15) is 0 Å². The Morgan fingerprint density at radius 3 is 0.933 bits per heavy atom. The van der Waals surface area contributed by atoms with Gasteiger partial charge in [-0.05, 0) is 35.0 Å². The molecule has 0 saturated carbocycles. The fourth-order valence-electron chi connectivity index (χ4n) is 2.67. The molecule has 0 radical (unpaired) electrons. The fourth-order valence-corrected chi connectivity index (χ4v) is 2.67. The van der Waals surface area contributed by atoms with Crippen molar-refractivity contribution in [1.29, 1.82) is 0 Å². The second-order valence-corrected chi connectivity index (χ2v) is 6.32. The molecule has 0 spiro atoms. The third-order valence-electron chi connectivity index (χ3n) is 4.15. The second kappa shape index (κ2) is 12.2. The Balaban J connectivity index is 2.15. The zero-order valence-corrected chi connectivity index (χ0v) is 16.7. The molecule has 0 aliphatic carbocycles. The van der Waals surface area contributed by atoms with Crippen molar-refractivity contribution in [2.75, 3.05) is 0 Å². The average Bonchev–Trinajstić information content (AvgIpc) is 2.78. The van der Waals surface area contributed by atoms with E-state index in [0.717, 1.165) is 21.5 Å². The Labute approximate surface area is 179 Å². The normalized spacial score (nSPS) is 8.80. The predicted octanol–water partition coefficient (Wildman–Crippen LogP) is 7.69. The van der Waals surface area contributed by atoms with Crippen LogP contribution in [0.4, 0.5) is 0 Å². The molecule has 30 heavy (non-hydrogen) atoms. The summed E-state index contributed by atoms with van der Waals surface area (Å²) >= 11 is 0. The number of benzene rings is 2. The minimum absolute atomic E-state index is 0.960. The molecular weight excluding hydrogens is 360 g/mol. The van der Waals surface area contributed by atoms with Gasteiger partial charge in [0, 0.05) is 10.8 Å². The zero-order valence-electron chi connectivity index (χ0n) is 16.7. The Kier molecular flexibility index (Phi) is 8.36. The molecule has 0 aliphatic rings. The summed E-state index contributed by atoms with van der Waals surface area (Å²) in [5, 5.41) is 4.06. The lowest BCUT2D eigenvalue weighted by atomic mass is 10.2. The van der Waals surface area contributed by atoms with Crippen molar-refractivity contribution in [2.45, 2.75) is 0 Å². The van der Waals surface area contributed by atoms with E-state index in [-0.39, 0.29) is 0 Å². The molecule has 0 atom stereocenters. The minimum atomic E-state index is 0.960. The monoisotopic (exact) mass is 382 g/mol. The van der Waals surface area contributed by atoms with Gasteiger partial charge in [-0.15, -0.1) is 0 Å². The number of fused-ring (bicyclic) bond motifs is 2. The summed E-state index contributed by atoms with van der Waals surface area (Å²) in [6, 6.07) is 56.6. The first-order valence-corrected chi connectivity index (χ1v) is 9.82. The van der Waals surface area contributed by atoms with Gasteiger partial charge in [0.2, 0.25) is 0 Å². The van der Waals surface area contributed by atoms with Crippen molar-refractivity contribution in [3.8, 4) is 0 Å². The third-order valence-corrected chi connectivity index (χ3v) is 4.15. The second-order valence-electron chi connectivity index (χ2n) is 6.32. The van der Waals surface area contributed by atoms with Gasteiger partial charge in [-0.1, -0.05) is 133 Å². The molecule has 142 valence electrons. The molecule has 0 aliphatic heterocycles. The lowest BCUT2D eigenvalue weighted by Crippen LogP contribution is -1.63. The Morgan fingerprint density at radius 2 is 0.567 bits per heavy atom. The Morgan fingerprint density at radius 1 is 0.300 bits per heavy atom. The molecule has 0 amide bonds. The van der Waals surface area contributed by atoms with Gasteiger partial charge in [-0.3, -0.25) is 0 Å². The van der Waals surface area contributed by atoms with Gasteiger partial charge in [0.1, 0.15) is 0 Å². The standard InChI is InChI=1S/C30H22/c1-2-4-6-8-10-12-20-28-22-14-16-24-30(28)26-18-17-25-29-23-15-13-21-27(29)19-11-9-7-5-3-1/h1-16,19-24H. The highest BCUT2D eigenvalue weighted by Gasteiger charge is 1.84. The lowest BCUT2D eigenvalue weighted by Gasteiger charge is -1.87. The van der Waals surface area contributed by atoms with Crippen molar-refractivity contribution in [2.24, 2.45) is 0 Å². The number of rotatable bonds is 0. The summed E-state index contributed by atoms with van der Waals surface area (Å²) in [5.74, 6) is 0. The van der Waals surface area contributed by atoms with E-state index in [2.05, 4.69) is 48.5 Å². The topological polar surface area (TPSA) is 0 Å². The van der Waals surface area contributed by atoms with E-state index in [4.69, 9.17) is 0 Å². The molecule has 0 aromatic heterocycles. The maximum atomic E-state index is 3.17. The molecule has 0 nitrogen and oxygen atoms in total. The maximum absolute atomic E-state index is 3.17. The number of hydrogen-bond acceptors (Lipinski definition) is 0. The van der Waals surface area contributed by atoms with E-state index in [9.17, 15) is 0 Å². The summed E-state index contributed by atoms with van der Waals surface area (Å²) in [6.07, 6.45) is 0. The van der Waals surface area contributed by atoms with E-state index in [1.165, 1.54) is 0 Å². The summed E-state index contributed by atoms with van der Waals surface area (Å²) in [4.78, 5) is 0. The summed E-state index contributed by atoms with van der Waals surface area (Å²) < 4.78 is 0. The highest BCUT2D eigenvalue weighted by atomic mass is 13.9. The van der Waals surface area contributed by atoms with Crippen LogP contribution in [0.1, 0.15) is 0 Å². The van der Waals surface area contributed by atoms with Crippen LogP contribution in [0, 0.1) is 24.3 Å². The quantitative estimate of drug-likeness (QED) is 0.374. The molecule has 3 aromatic rings. The van der Waals surface area contributed by atoms with E-state index in [1.54, 1.807) is 0 Å². The minimum Gasteiger partial charge on any atom is -0.0623 e. The number of hydrogen-bond donors (Lipinski definition) is 0. The Bertz CT molecular complexity index is 1110. The zero-order chi connectivity index (χ0) is 20.7. The van der Waals surface area contributed by atoms with Crippen molar-refractivity contribution in [3.05, 3.63) is 158 Å². The third kappa shape index (κ3) is 7.05. The predicted molar refractivity (Wildman–Crippen MR) is 127 cm³/mol. The lowest BCUT2D eigenvalue weighted by molar-refractivity contribution is 1.74. The van der Waals surface area contributed by atoms with E-state index in [0.29, 0.717) is 0 Å². The van der Waals surface area contributed by atoms with Crippen LogP contribution < -0.4 is 0 Å².